The first kappa shape index (κ1) is 13.5. The smallest absolute Gasteiger partial charge is 0.392 e. The molecule has 0 fully saturated rings. The first-order chi connectivity index (χ1) is 7.73. The summed E-state index contributed by atoms with van der Waals surface area (Å²) in [5.41, 5.74) is 1.05. The summed E-state index contributed by atoms with van der Waals surface area (Å²) in [5.74, 6) is -4.93. The number of alkyl halides is 3. The molecule has 17 heavy (non-hydrogen) atoms. The molecule has 0 saturated carbocycles. The van der Waals surface area contributed by atoms with Crippen LogP contribution in [0.15, 0.2) is 24.3 Å². The number of halogens is 3. The van der Waals surface area contributed by atoms with Gasteiger partial charge in [-0.15, -0.1) is 0 Å². The molecule has 1 aromatic rings. The van der Waals surface area contributed by atoms with Gasteiger partial charge in [-0.3, -0.25) is 4.79 Å². The summed E-state index contributed by atoms with van der Waals surface area (Å²) in [6.45, 7) is 2.67. The van der Waals surface area contributed by atoms with Gasteiger partial charge in [-0.05, 0) is 12.5 Å². The average Bonchev–Trinajstić information content (AvgIpc) is 2.19. The first-order valence-electron chi connectivity index (χ1n) is 5.09. The van der Waals surface area contributed by atoms with Crippen LogP contribution >= 0.6 is 0 Å². The zero-order valence-electron chi connectivity index (χ0n) is 9.45. The standard InChI is InChI=1S/C12H13F3O2/c1-7-3-5-9(6-4-7)10(11(16)17)8(2)12(13,14)15/h3-6,8,10H,1-2H3,(H,16,17)/t8-,10+/m0/s1. The molecule has 0 unspecified atom stereocenters. The van der Waals surface area contributed by atoms with Gasteiger partial charge in [0.1, 0.15) is 0 Å². The molecular formula is C12H13F3O2. The number of hydrogen-bond donors (Lipinski definition) is 1. The van der Waals surface area contributed by atoms with E-state index in [9.17, 15) is 18.0 Å². The number of hydrogen-bond acceptors (Lipinski definition) is 1. The van der Waals surface area contributed by atoms with E-state index in [1.165, 1.54) is 12.1 Å². The summed E-state index contributed by atoms with van der Waals surface area (Å²) in [6.07, 6.45) is -4.52. The van der Waals surface area contributed by atoms with Gasteiger partial charge in [0, 0.05) is 0 Å². The van der Waals surface area contributed by atoms with E-state index in [1.54, 1.807) is 19.1 Å². The molecule has 1 rings (SSSR count). The Labute approximate surface area is 97.1 Å². The summed E-state index contributed by atoms with van der Waals surface area (Å²) in [5, 5.41) is 8.93. The maximum atomic E-state index is 12.6. The Kier molecular flexibility index (Phi) is 3.80. The van der Waals surface area contributed by atoms with Gasteiger partial charge in [-0.2, -0.15) is 13.2 Å². The fourth-order valence-electron chi connectivity index (χ4n) is 1.61. The van der Waals surface area contributed by atoms with E-state index in [1.807, 2.05) is 0 Å². The van der Waals surface area contributed by atoms with Crippen molar-refractivity contribution in [3.63, 3.8) is 0 Å². The molecule has 5 heteroatoms. The Morgan fingerprint density at radius 2 is 1.71 bits per heavy atom. The molecule has 2 nitrogen and oxygen atoms in total. The fraction of sp³-hybridized carbons (Fsp3) is 0.417. The van der Waals surface area contributed by atoms with Crippen LogP contribution in [-0.4, -0.2) is 17.3 Å². The summed E-state index contributed by atoms with van der Waals surface area (Å²) in [6, 6.07) is 6.06. The second-order valence-corrected chi connectivity index (χ2v) is 4.06. The van der Waals surface area contributed by atoms with Gasteiger partial charge in [0.15, 0.2) is 0 Å². The highest BCUT2D eigenvalue weighted by Crippen LogP contribution is 2.37. The predicted molar refractivity (Wildman–Crippen MR) is 56.8 cm³/mol. The van der Waals surface area contributed by atoms with Gasteiger partial charge in [0.25, 0.3) is 0 Å². The lowest BCUT2D eigenvalue weighted by atomic mass is 9.86. The van der Waals surface area contributed by atoms with Gasteiger partial charge in [-0.1, -0.05) is 36.8 Å². The number of carboxylic acid groups (broad SMARTS) is 1. The zero-order valence-corrected chi connectivity index (χ0v) is 9.45. The molecule has 0 aliphatic heterocycles. The van der Waals surface area contributed by atoms with Crippen LogP contribution in [0.4, 0.5) is 13.2 Å². The minimum atomic E-state index is -4.52. The minimum Gasteiger partial charge on any atom is -0.481 e. The van der Waals surface area contributed by atoms with Crippen molar-refractivity contribution in [1.82, 2.24) is 0 Å². The van der Waals surface area contributed by atoms with E-state index >= 15 is 0 Å². The van der Waals surface area contributed by atoms with Gasteiger partial charge in [0.05, 0.1) is 11.8 Å². The Morgan fingerprint density at radius 3 is 2.06 bits per heavy atom. The number of aliphatic carboxylic acids is 1. The second kappa shape index (κ2) is 4.77. The van der Waals surface area contributed by atoms with Crippen LogP contribution in [0.25, 0.3) is 0 Å². The van der Waals surface area contributed by atoms with E-state index in [0.717, 1.165) is 12.5 Å². The lowest BCUT2D eigenvalue weighted by molar-refractivity contribution is -0.183. The van der Waals surface area contributed by atoms with Crippen molar-refractivity contribution in [2.45, 2.75) is 25.9 Å². The maximum absolute atomic E-state index is 12.6. The molecule has 0 aliphatic rings. The maximum Gasteiger partial charge on any atom is 0.392 e. The molecule has 0 saturated heterocycles. The van der Waals surface area contributed by atoms with Crippen LogP contribution in [0, 0.1) is 12.8 Å². The van der Waals surface area contributed by atoms with E-state index < -0.39 is 24.0 Å². The molecule has 1 aromatic carbocycles. The van der Waals surface area contributed by atoms with E-state index in [4.69, 9.17) is 5.11 Å². The van der Waals surface area contributed by atoms with Crippen LogP contribution in [-0.2, 0) is 4.79 Å². The van der Waals surface area contributed by atoms with Gasteiger partial charge >= 0.3 is 12.1 Å². The molecule has 0 radical (unpaired) electrons. The normalized spacial score (nSPS) is 15.4. The Balaban J connectivity index is 3.10. The number of benzene rings is 1. The van der Waals surface area contributed by atoms with Crippen LogP contribution in [0.1, 0.15) is 24.0 Å². The molecule has 94 valence electrons. The van der Waals surface area contributed by atoms with E-state index in [2.05, 4.69) is 0 Å². The van der Waals surface area contributed by atoms with Crippen molar-refractivity contribution in [2.75, 3.05) is 0 Å². The molecule has 0 aliphatic carbocycles. The molecule has 2 atom stereocenters. The van der Waals surface area contributed by atoms with Gasteiger partial charge in [-0.25, -0.2) is 0 Å². The summed E-state index contributed by atoms with van der Waals surface area (Å²) < 4.78 is 37.7. The Morgan fingerprint density at radius 1 is 1.24 bits per heavy atom. The average molecular weight is 246 g/mol. The van der Waals surface area contributed by atoms with Crippen molar-refractivity contribution >= 4 is 5.97 Å². The molecule has 0 bridgehead atoms. The Bertz CT molecular complexity index is 395. The van der Waals surface area contributed by atoms with Crippen molar-refractivity contribution in [3.05, 3.63) is 35.4 Å². The third-order valence-corrected chi connectivity index (χ3v) is 2.72. The molecule has 0 heterocycles. The molecule has 0 spiro atoms. The SMILES string of the molecule is Cc1ccc([C@H](C(=O)O)[C@H](C)C(F)(F)F)cc1. The monoisotopic (exact) mass is 246 g/mol. The van der Waals surface area contributed by atoms with Gasteiger partial charge in [0.2, 0.25) is 0 Å². The lowest BCUT2D eigenvalue weighted by Gasteiger charge is -2.23. The molecular weight excluding hydrogens is 233 g/mol. The van der Waals surface area contributed by atoms with Crippen molar-refractivity contribution in [1.29, 1.82) is 0 Å². The Hall–Kier alpha value is -1.52. The number of aryl methyl sites for hydroxylation is 1. The lowest BCUT2D eigenvalue weighted by Crippen LogP contribution is -2.31. The van der Waals surface area contributed by atoms with Gasteiger partial charge < -0.3 is 5.11 Å². The third kappa shape index (κ3) is 3.22. The summed E-state index contributed by atoms with van der Waals surface area (Å²) >= 11 is 0. The van der Waals surface area contributed by atoms with E-state index in [-0.39, 0.29) is 5.56 Å². The van der Waals surface area contributed by atoms with Crippen molar-refractivity contribution < 1.29 is 23.1 Å². The highest BCUT2D eigenvalue weighted by Gasteiger charge is 2.44. The molecule has 0 aromatic heterocycles. The summed E-state index contributed by atoms with van der Waals surface area (Å²) in [4.78, 5) is 11.0. The number of carboxylic acids is 1. The van der Waals surface area contributed by atoms with Crippen molar-refractivity contribution in [2.24, 2.45) is 5.92 Å². The minimum absolute atomic E-state index is 0.174. The van der Waals surface area contributed by atoms with Crippen molar-refractivity contribution in [3.8, 4) is 0 Å². The zero-order chi connectivity index (χ0) is 13.2. The third-order valence-electron chi connectivity index (χ3n) is 2.72. The first-order valence-corrected chi connectivity index (χ1v) is 5.09. The molecule has 1 N–H and O–H groups in total. The number of carbonyl (C=O) groups is 1. The van der Waals surface area contributed by atoms with E-state index in [0.29, 0.717) is 0 Å². The van der Waals surface area contributed by atoms with Crippen LogP contribution in [0.5, 0.6) is 0 Å². The topological polar surface area (TPSA) is 37.3 Å². The quantitative estimate of drug-likeness (QED) is 0.887. The summed E-state index contributed by atoms with van der Waals surface area (Å²) in [7, 11) is 0. The number of rotatable bonds is 3. The van der Waals surface area contributed by atoms with Crippen LogP contribution in [0.3, 0.4) is 0 Å². The highest BCUT2D eigenvalue weighted by atomic mass is 19.4. The highest BCUT2D eigenvalue weighted by molar-refractivity contribution is 5.76. The van der Waals surface area contributed by atoms with Crippen LogP contribution < -0.4 is 0 Å². The van der Waals surface area contributed by atoms with Crippen LogP contribution in [0.2, 0.25) is 0 Å². The second-order valence-electron chi connectivity index (χ2n) is 4.06. The predicted octanol–water partition coefficient (Wildman–Crippen LogP) is 3.36. The molecule has 0 amide bonds. The fourth-order valence-corrected chi connectivity index (χ4v) is 1.61. The largest absolute Gasteiger partial charge is 0.481 e.